The van der Waals surface area contributed by atoms with E-state index in [1.54, 1.807) is 6.07 Å². The molecule has 0 saturated heterocycles. The second-order valence-electron chi connectivity index (χ2n) is 4.19. The first-order valence-corrected chi connectivity index (χ1v) is 5.75. The van der Waals surface area contributed by atoms with Crippen molar-refractivity contribution in [2.45, 2.75) is 12.8 Å². The topological polar surface area (TPSA) is 96.4 Å². The molecule has 0 unspecified atom stereocenters. The van der Waals surface area contributed by atoms with Crippen molar-refractivity contribution in [3.63, 3.8) is 0 Å². The zero-order valence-corrected chi connectivity index (χ0v) is 10.1. The molecule has 0 fully saturated rings. The molecule has 6 heteroatoms. The molecule has 0 radical (unpaired) electrons. The van der Waals surface area contributed by atoms with Crippen LogP contribution in [0.15, 0.2) is 18.3 Å². The van der Waals surface area contributed by atoms with Crippen molar-refractivity contribution in [3.05, 3.63) is 35.3 Å². The van der Waals surface area contributed by atoms with E-state index in [2.05, 4.69) is 4.98 Å². The number of nitrogens with two attached hydrogens (primary N) is 1. The van der Waals surface area contributed by atoms with E-state index < -0.39 is 11.7 Å². The number of rotatable bonds is 4. The minimum absolute atomic E-state index is 0.00872. The van der Waals surface area contributed by atoms with Crippen molar-refractivity contribution in [2.24, 2.45) is 5.73 Å². The predicted octanol–water partition coefficient (Wildman–Crippen LogP) is 1.10. The highest BCUT2D eigenvalue weighted by Gasteiger charge is 2.15. The third-order valence-corrected chi connectivity index (χ3v) is 2.85. The maximum atomic E-state index is 13.8. The van der Waals surface area contributed by atoms with E-state index in [-0.39, 0.29) is 28.8 Å². The standard InChI is InChI=1S/C13H13FN2O3/c14-10-5-7(2-1-3-17)4-8-11(10)16-6-9(12(8)18)13(15)19/h4-6,17H,1-3H2,(H2,15,19)(H,16,18). The van der Waals surface area contributed by atoms with Gasteiger partial charge in [-0.15, -0.1) is 0 Å². The van der Waals surface area contributed by atoms with Crippen LogP contribution >= 0.6 is 0 Å². The van der Waals surface area contributed by atoms with Gasteiger partial charge in [0.1, 0.15) is 17.1 Å². The Morgan fingerprint density at radius 1 is 1.42 bits per heavy atom. The summed E-state index contributed by atoms with van der Waals surface area (Å²) in [6.07, 6.45) is 1.99. The number of aromatic hydroxyl groups is 1. The number of aliphatic hydroxyl groups excluding tert-OH is 1. The molecule has 2 aromatic rings. The summed E-state index contributed by atoms with van der Waals surface area (Å²) >= 11 is 0. The molecule has 2 rings (SSSR count). The molecule has 1 aromatic heterocycles. The number of nitrogens with zero attached hydrogens (tertiary/aromatic N) is 1. The summed E-state index contributed by atoms with van der Waals surface area (Å²) in [6, 6.07) is 2.84. The van der Waals surface area contributed by atoms with Gasteiger partial charge < -0.3 is 15.9 Å². The molecule has 5 nitrogen and oxygen atoms in total. The number of carbonyl (C=O) groups is 1. The van der Waals surface area contributed by atoms with Gasteiger partial charge in [-0.1, -0.05) is 0 Å². The van der Waals surface area contributed by atoms with Crippen LogP contribution in [0.5, 0.6) is 5.75 Å². The molecule has 0 saturated carbocycles. The first kappa shape index (κ1) is 13.2. The Kier molecular flexibility index (Phi) is 3.62. The van der Waals surface area contributed by atoms with E-state index in [0.29, 0.717) is 18.4 Å². The summed E-state index contributed by atoms with van der Waals surface area (Å²) < 4.78 is 13.8. The Balaban J connectivity index is 2.62. The number of hydrogen-bond acceptors (Lipinski definition) is 4. The fraction of sp³-hybridized carbons (Fsp3) is 0.231. The third-order valence-electron chi connectivity index (χ3n) is 2.85. The van der Waals surface area contributed by atoms with Crippen LogP contribution in [0.4, 0.5) is 4.39 Å². The molecular formula is C13H13FN2O3. The summed E-state index contributed by atoms with van der Waals surface area (Å²) in [6.45, 7) is -0.00872. The number of carbonyl (C=O) groups excluding carboxylic acids is 1. The third kappa shape index (κ3) is 2.48. The fourth-order valence-corrected chi connectivity index (χ4v) is 1.91. The van der Waals surface area contributed by atoms with Crippen LogP contribution in [0.2, 0.25) is 0 Å². The molecule has 0 spiro atoms. The fourth-order valence-electron chi connectivity index (χ4n) is 1.91. The number of fused-ring (bicyclic) bond motifs is 1. The van der Waals surface area contributed by atoms with Crippen molar-refractivity contribution in [1.82, 2.24) is 4.98 Å². The van der Waals surface area contributed by atoms with Gasteiger partial charge in [-0.3, -0.25) is 9.78 Å². The molecule has 1 aromatic carbocycles. The van der Waals surface area contributed by atoms with Crippen LogP contribution in [0.25, 0.3) is 10.9 Å². The lowest BCUT2D eigenvalue weighted by Crippen LogP contribution is -2.11. The Hall–Kier alpha value is -2.21. The number of aryl methyl sites for hydroxylation is 1. The summed E-state index contributed by atoms with van der Waals surface area (Å²) in [5.41, 5.74) is 5.54. The van der Waals surface area contributed by atoms with Gasteiger partial charge in [0, 0.05) is 18.2 Å². The maximum absolute atomic E-state index is 13.8. The monoisotopic (exact) mass is 264 g/mol. The van der Waals surface area contributed by atoms with Gasteiger partial charge in [0.25, 0.3) is 5.91 Å². The lowest BCUT2D eigenvalue weighted by Gasteiger charge is -2.08. The molecule has 0 bridgehead atoms. The molecule has 0 aliphatic carbocycles. The van der Waals surface area contributed by atoms with Crippen molar-refractivity contribution < 1.29 is 19.4 Å². The molecule has 1 heterocycles. The summed E-state index contributed by atoms with van der Waals surface area (Å²) in [7, 11) is 0. The first-order valence-electron chi connectivity index (χ1n) is 5.75. The number of aromatic nitrogens is 1. The Morgan fingerprint density at radius 2 is 2.16 bits per heavy atom. The van der Waals surface area contributed by atoms with Crippen LogP contribution in [-0.4, -0.2) is 27.7 Å². The lowest BCUT2D eigenvalue weighted by molar-refractivity contribution is 0.0997. The second kappa shape index (κ2) is 5.19. The quantitative estimate of drug-likeness (QED) is 0.770. The van der Waals surface area contributed by atoms with Crippen molar-refractivity contribution >= 4 is 16.8 Å². The van der Waals surface area contributed by atoms with E-state index in [1.165, 1.54) is 6.07 Å². The normalized spacial score (nSPS) is 10.8. The zero-order valence-electron chi connectivity index (χ0n) is 10.1. The van der Waals surface area contributed by atoms with Gasteiger partial charge in [0.2, 0.25) is 0 Å². The van der Waals surface area contributed by atoms with Crippen LogP contribution in [0.3, 0.4) is 0 Å². The van der Waals surface area contributed by atoms with E-state index in [1.807, 2.05) is 0 Å². The molecular weight excluding hydrogens is 251 g/mol. The van der Waals surface area contributed by atoms with E-state index in [0.717, 1.165) is 6.20 Å². The first-order chi connectivity index (χ1) is 9.04. The number of primary amides is 1. The van der Waals surface area contributed by atoms with Crippen LogP contribution < -0.4 is 5.73 Å². The zero-order chi connectivity index (χ0) is 14.0. The predicted molar refractivity (Wildman–Crippen MR) is 67.3 cm³/mol. The van der Waals surface area contributed by atoms with Crippen molar-refractivity contribution in [2.75, 3.05) is 6.61 Å². The average Bonchev–Trinajstić information content (AvgIpc) is 2.37. The van der Waals surface area contributed by atoms with Crippen molar-refractivity contribution in [3.8, 4) is 5.75 Å². The number of pyridine rings is 1. The van der Waals surface area contributed by atoms with Crippen molar-refractivity contribution in [1.29, 1.82) is 0 Å². The lowest BCUT2D eigenvalue weighted by atomic mass is 10.0. The van der Waals surface area contributed by atoms with Gasteiger partial charge >= 0.3 is 0 Å². The van der Waals surface area contributed by atoms with E-state index >= 15 is 0 Å². The SMILES string of the molecule is NC(=O)c1cnc2c(F)cc(CCCO)cc2c1O. The highest BCUT2D eigenvalue weighted by Crippen LogP contribution is 2.29. The summed E-state index contributed by atoms with van der Waals surface area (Å²) in [5.74, 6) is -1.79. The maximum Gasteiger partial charge on any atom is 0.254 e. The number of amides is 1. The minimum Gasteiger partial charge on any atom is -0.506 e. The van der Waals surface area contributed by atoms with Gasteiger partial charge in [-0.25, -0.2) is 4.39 Å². The highest BCUT2D eigenvalue weighted by atomic mass is 19.1. The second-order valence-corrected chi connectivity index (χ2v) is 4.19. The number of aliphatic hydroxyl groups is 1. The average molecular weight is 264 g/mol. The highest BCUT2D eigenvalue weighted by molar-refractivity contribution is 6.01. The van der Waals surface area contributed by atoms with E-state index in [4.69, 9.17) is 10.8 Å². The van der Waals surface area contributed by atoms with Crippen LogP contribution in [-0.2, 0) is 6.42 Å². The van der Waals surface area contributed by atoms with Gasteiger partial charge in [-0.2, -0.15) is 0 Å². The molecule has 4 N–H and O–H groups in total. The molecule has 19 heavy (non-hydrogen) atoms. The summed E-state index contributed by atoms with van der Waals surface area (Å²) in [5, 5.41) is 18.8. The molecule has 0 aliphatic rings. The van der Waals surface area contributed by atoms with Gasteiger partial charge in [0.15, 0.2) is 0 Å². The number of halogens is 1. The largest absolute Gasteiger partial charge is 0.506 e. The Bertz CT molecular complexity index is 643. The van der Waals surface area contributed by atoms with Gasteiger partial charge in [-0.05, 0) is 30.5 Å². The Morgan fingerprint density at radius 3 is 2.79 bits per heavy atom. The summed E-state index contributed by atoms with van der Waals surface area (Å²) in [4.78, 5) is 14.9. The molecule has 100 valence electrons. The smallest absolute Gasteiger partial charge is 0.254 e. The van der Waals surface area contributed by atoms with Crippen LogP contribution in [0, 0.1) is 5.82 Å². The van der Waals surface area contributed by atoms with E-state index in [9.17, 15) is 14.3 Å². The number of benzene rings is 1. The Labute approximate surface area is 108 Å². The van der Waals surface area contributed by atoms with Gasteiger partial charge in [0.05, 0.1) is 5.56 Å². The molecule has 0 atom stereocenters. The molecule has 1 amide bonds. The molecule has 0 aliphatic heterocycles. The van der Waals surface area contributed by atoms with Crippen LogP contribution in [0.1, 0.15) is 22.3 Å². The number of hydrogen-bond donors (Lipinski definition) is 3. The minimum atomic E-state index is -0.826.